The summed E-state index contributed by atoms with van der Waals surface area (Å²) in [5.74, 6) is -0.197. The van der Waals surface area contributed by atoms with E-state index in [1.807, 2.05) is 12.1 Å². The van der Waals surface area contributed by atoms with Crippen LogP contribution in [-0.2, 0) is 17.4 Å². The highest BCUT2D eigenvalue weighted by Crippen LogP contribution is 2.31. The van der Waals surface area contributed by atoms with E-state index in [4.69, 9.17) is 0 Å². The number of alkyl halides is 3. The molecule has 0 atom stereocenters. The summed E-state index contributed by atoms with van der Waals surface area (Å²) in [5, 5.41) is 3.10. The zero-order valence-corrected chi connectivity index (χ0v) is 12.5. The van der Waals surface area contributed by atoms with Crippen molar-refractivity contribution in [2.75, 3.05) is 5.32 Å². The second-order valence-corrected chi connectivity index (χ2v) is 5.39. The number of H-pyrrole nitrogens is 1. The van der Waals surface area contributed by atoms with E-state index in [0.717, 1.165) is 11.6 Å². The number of amides is 1. The van der Waals surface area contributed by atoms with Crippen LogP contribution in [0.1, 0.15) is 17.7 Å². The van der Waals surface area contributed by atoms with E-state index < -0.39 is 11.9 Å². The predicted molar refractivity (Wildman–Crippen MR) is 84.5 cm³/mol. The first-order valence-electron chi connectivity index (χ1n) is 7.30. The number of benzene rings is 1. The molecule has 1 aromatic carbocycles. The number of pyridine rings is 1. The number of carbonyl (C=O) groups is 1. The molecule has 4 nitrogen and oxygen atoms in total. The van der Waals surface area contributed by atoms with Crippen molar-refractivity contribution in [1.82, 2.24) is 9.97 Å². The van der Waals surface area contributed by atoms with Crippen LogP contribution < -0.4 is 5.32 Å². The fraction of sp³-hybridized carbons (Fsp3) is 0.176. The van der Waals surface area contributed by atoms with Gasteiger partial charge in [0.1, 0.15) is 5.69 Å². The zero-order chi connectivity index (χ0) is 17.2. The Hall–Kier alpha value is -2.83. The fourth-order valence-electron chi connectivity index (χ4n) is 2.39. The molecule has 3 rings (SSSR count). The maximum Gasteiger partial charge on any atom is 0.431 e. The molecule has 1 amide bonds. The summed E-state index contributed by atoms with van der Waals surface area (Å²) in [7, 11) is 0. The van der Waals surface area contributed by atoms with Crippen LogP contribution in [0.15, 0.2) is 48.8 Å². The van der Waals surface area contributed by atoms with Crippen LogP contribution in [0.5, 0.6) is 0 Å². The van der Waals surface area contributed by atoms with Crippen molar-refractivity contribution < 1.29 is 18.0 Å². The van der Waals surface area contributed by atoms with Crippen molar-refractivity contribution in [2.45, 2.75) is 19.0 Å². The Morgan fingerprint density at radius 2 is 1.88 bits per heavy atom. The van der Waals surface area contributed by atoms with E-state index in [2.05, 4.69) is 15.3 Å². The smallest absolute Gasteiger partial charge is 0.351 e. The van der Waals surface area contributed by atoms with Crippen LogP contribution in [0.25, 0.3) is 10.9 Å². The van der Waals surface area contributed by atoms with Gasteiger partial charge in [-0.2, -0.15) is 13.2 Å². The summed E-state index contributed by atoms with van der Waals surface area (Å²) in [4.78, 5) is 18.2. The maximum atomic E-state index is 12.7. The maximum absolute atomic E-state index is 12.7. The number of fused-ring (bicyclic) bond motifs is 1. The molecule has 0 saturated heterocycles. The van der Waals surface area contributed by atoms with Crippen LogP contribution in [0.3, 0.4) is 0 Å². The standard InChI is InChI=1S/C17H14F3N3O/c18-17(19,20)15-10-12-9-13(2-3-14(12)23-15)22-16(24)4-1-11-5-7-21-8-6-11/h2-3,5-10,23H,1,4H2,(H,22,24). The van der Waals surface area contributed by atoms with Crippen molar-refractivity contribution in [3.63, 3.8) is 0 Å². The highest BCUT2D eigenvalue weighted by Gasteiger charge is 2.32. The number of aromatic nitrogens is 2. The van der Waals surface area contributed by atoms with Crippen molar-refractivity contribution in [2.24, 2.45) is 0 Å². The van der Waals surface area contributed by atoms with Gasteiger partial charge in [0, 0.05) is 35.4 Å². The molecule has 0 aliphatic carbocycles. The van der Waals surface area contributed by atoms with Crippen molar-refractivity contribution in [3.8, 4) is 0 Å². The number of nitrogens with zero attached hydrogens (tertiary/aromatic N) is 1. The van der Waals surface area contributed by atoms with Crippen LogP contribution >= 0.6 is 0 Å². The van der Waals surface area contributed by atoms with Crippen LogP contribution in [0.2, 0.25) is 0 Å². The molecular weight excluding hydrogens is 319 g/mol. The molecule has 124 valence electrons. The number of hydrogen-bond acceptors (Lipinski definition) is 2. The van der Waals surface area contributed by atoms with Gasteiger partial charge in [-0.15, -0.1) is 0 Å². The summed E-state index contributed by atoms with van der Waals surface area (Å²) in [6.07, 6.45) is -0.258. The SMILES string of the molecule is O=C(CCc1ccncc1)Nc1ccc2[nH]c(C(F)(F)F)cc2c1. The average molecular weight is 333 g/mol. The van der Waals surface area contributed by atoms with Gasteiger partial charge < -0.3 is 10.3 Å². The summed E-state index contributed by atoms with van der Waals surface area (Å²) >= 11 is 0. The lowest BCUT2D eigenvalue weighted by Gasteiger charge is -2.05. The van der Waals surface area contributed by atoms with E-state index in [9.17, 15) is 18.0 Å². The molecule has 3 aromatic rings. The lowest BCUT2D eigenvalue weighted by molar-refractivity contribution is -0.140. The number of halogens is 3. The first-order chi connectivity index (χ1) is 11.4. The number of anilines is 1. The predicted octanol–water partition coefficient (Wildman–Crippen LogP) is 4.15. The zero-order valence-electron chi connectivity index (χ0n) is 12.5. The third kappa shape index (κ3) is 3.73. The Labute approximate surface area is 135 Å². The van der Waals surface area contributed by atoms with Gasteiger partial charge in [-0.1, -0.05) is 0 Å². The minimum absolute atomic E-state index is 0.197. The summed E-state index contributed by atoms with van der Waals surface area (Å²) in [6, 6.07) is 9.30. The molecular formula is C17H14F3N3O. The molecule has 2 N–H and O–H groups in total. The minimum Gasteiger partial charge on any atom is -0.351 e. The third-order valence-corrected chi connectivity index (χ3v) is 3.60. The summed E-state index contributed by atoms with van der Waals surface area (Å²) in [5.41, 5.74) is 1.03. The van der Waals surface area contributed by atoms with E-state index in [1.165, 1.54) is 12.1 Å². The lowest BCUT2D eigenvalue weighted by atomic mass is 10.1. The van der Waals surface area contributed by atoms with Crippen molar-refractivity contribution in [3.05, 3.63) is 60.0 Å². The minimum atomic E-state index is -4.42. The van der Waals surface area contributed by atoms with Gasteiger partial charge in [0.25, 0.3) is 0 Å². The quantitative estimate of drug-likeness (QED) is 0.753. The van der Waals surface area contributed by atoms with Gasteiger partial charge in [0.15, 0.2) is 0 Å². The second kappa shape index (κ2) is 6.35. The Morgan fingerprint density at radius 1 is 1.12 bits per heavy atom. The third-order valence-electron chi connectivity index (χ3n) is 3.60. The molecule has 0 spiro atoms. The van der Waals surface area contributed by atoms with Gasteiger partial charge in [0.2, 0.25) is 5.91 Å². The molecule has 2 heterocycles. The summed E-state index contributed by atoms with van der Waals surface area (Å²) < 4.78 is 38.1. The highest BCUT2D eigenvalue weighted by atomic mass is 19.4. The largest absolute Gasteiger partial charge is 0.431 e. The normalized spacial score (nSPS) is 11.6. The molecule has 0 aliphatic rings. The second-order valence-electron chi connectivity index (χ2n) is 5.39. The van der Waals surface area contributed by atoms with Crippen LogP contribution in [-0.4, -0.2) is 15.9 Å². The molecule has 0 fully saturated rings. The van der Waals surface area contributed by atoms with Crippen LogP contribution in [0.4, 0.5) is 18.9 Å². The average Bonchev–Trinajstić information content (AvgIpc) is 2.97. The monoisotopic (exact) mass is 333 g/mol. The van der Waals surface area contributed by atoms with Crippen molar-refractivity contribution in [1.29, 1.82) is 0 Å². The number of rotatable bonds is 4. The molecule has 0 saturated carbocycles. The number of carbonyl (C=O) groups excluding carboxylic acids is 1. The van der Waals surface area contributed by atoms with Crippen LogP contribution in [0, 0.1) is 0 Å². The highest BCUT2D eigenvalue weighted by molar-refractivity contribution is 5.94. The van der Waals surface area contributed by atoms with E-state index >= 15 is 0 Å². The molecule has 0 unspecified atom stereocenters. The van der Waals surface area contributed by atoms with Gasteiger partial charge in [-0.25, -0.2) is 0 Å². The van der Waals surface area contributed by atoms with E-state index in [0.29, 0.717) is 23.0 Å². The first kappa shape index (κ1) is 16.0. The Kier molecular flexibility index (Phi) is 4.24. The number of aryl methyl sites for hydroxylation is 1. The first-order valence-corrected chi connectivity index (χ1v) is 7.30. The number of aromatic amines is 1. The topological polar surface area (TPSA) is 57.8 Å². The Morgan fingerprint density at radius 3 is 2.58 bits per heavy atom. The fourth-order valence-corrected chi connectivity index (χ4v) is 2.39. The molecule has 0 bridgehead atoms. The number of nitrogens with one attached hydrogen (secondary N) is 2. The lowest BCUT2D eigenvalue weighted by Crippen LogP contribution is -2.12. The number of hydrogen-bond donors (Lipinski definition) is 2. The molecule has 7 heteroatoms. The van der Waals surface area contributed by atoms with E-state index in [1.54, 1.807) is 18.5 Å². The van der Waals surface area contributed by atoms with Gasteiger partial charge >= 0.3 is 6.18 Å². The molecule has 0 aliphatic heterocycles. The summed E-state index contributed by atoms with van der Waals surface area (Å²) in [6.45, 7) is 0. The molecule has 0 radical (unpaired) electrons. The molecule has 2 aromatic heterocycles. The van der Waals surface area contributed by atoms with Crippen molar-refractivity contribution >= 4 is 22.5 Å². The van der Waals surface area contributed by atoms with Gasteiger partial charge in [-0.3, -0.25) is 9.78 Å². The molecule has 24 heavy (non-hydrogen) atoms. The van der Waals surface area contributed by atoms with Gasteiger partial charge in [-0.05, 0) is 48.4 Å². The Bertz CT molecular complexity index is 856. The van der Waals surface area contributed by atoms with Gasteiger partial charge in [0.05, 0.1) is 0 Å². The van der Waals surface area contributed by atoms with E-state index in [-0.39, 0.29) is 12.3 Å². The Balaban J connectivity index is 1.67.